The molecule has 18 heavy (non-hydrogen) atoms. The molecule has 0 aromatic rings. The summed E-state index contributed by atoms with van der Waals surface area (Å²) in [7, 11) is 0. The third-order valence-electron chi connectivity index (χ3n) is 4.03. The molecule has 0 aromatic heterocycles. The van der Waals surface area contributed by atoms with Gasteiger partial charge in [0.25, 0.3) is 0 Å². The first-order valence-electron chi connectivity index (χ1n) is 6.92. The molecule has 0 bridgehead atoms. The number of piperidine rings is 1. The van der Waals surface area contributed by atoms with E-state index < -0.39 is 0 Å². The van der Waals surface area contributed by atoms with Crippen molar-refractivity contribution < 1.29 is 4.74 Å². The van der Waals surface area contributed by atoms with Crippen molar-refractivity contribution in [1.82, 2.24) is 10.2 Å². The Morgan fingerprint density at radius 1 is 1.17 bits per heavy atom. The van der Waals surface area contributed by atoms with E-state index in [1.165, 1.54) is 51.9 Å². The summed E-state index contributed by atoms with van der Waals surface area (Å²) in [6, 6.07) is 0.779. The Hall–Kier alpha value is 0.460. The van der Waals surface area contributed by atoms with Crippen LogP contribution in [0.3, 0.4) is 0 Å². The molecular formula is C13H28Cl2N2O. The molecule has 2 fully saturated rings. The van der Waals surface area contributed by atoms with Crippen molar-refractivity contribution in [2.24, 2.45) is 5.92 Å². The molecule has 0 aromatic carbocycles. The molecule has 0 amide bonds. The van der Waals surface area contributed by atoms with E-state index in [4.69, 9.17) is 4.74 Å². The largest absolute Gasteiger partial charge is 0.381 e. The molecule has 0 spiro atoms. The molecule has 110 valence electrons. The van der Waals surface area contributed by atoms with Gasteiger partial charge in [0.05, 0.1) is 0 Å². The number of nitrogens with zero attached hydrogens (tertiary/aromatic N) is 1. The van der Waals surface area contributed by atoms with Crippen molar-refractivity contribution in [2.45, 2.75) is 38.6 Å². The highest BCUT2D eigenvalue weighted by molar-refractivity contribution is 5.85. The van der Waals surface area contributed by atoms with Crippen molar-refractivity contribution >= 4 is 24.8 Å². The van der Waals surface area contributed by atoms with Gasteiger partial charge in [0, 0.05) is 32.3 Å². The Morgan fingerprint density at radius 3 is 2.44 bits per heavy atom. The lowest BCUT2D eigenvalue weighted by molar-refractivity contribution is 0.0437. The van der Waals surface area contributed by atoms with Crippen LogP contribution in [0, 0.1) is 5.92 Å². The maximum Gasteiger partial charge on any atom is 0.0469 e. The van der Waals surface area contributed by atoms with E-state index in [2.05, 4.69) is 17.1 Å². The molecule has 1 atom stereocenters. The summed E-state index contributed by atoms with van der Waals surface area (Å²) in [5.74, 6) is 0.871. The number of ether oxygens (including phenoxy) is 1. The van der Waals surface area contributed by atoms with Crippen LogP contribution in [-0.4, -0.2) is 50.3 Å². The number of rotatable bonds is 4. The zero-order chi connectivity index (χ0) is 11.2. The van der Waals surface area contributed by atoms with Gasteiger partial charge in [-0.15, -0.1) is 24.8 Å². The molecule has 3 nitrogen and oxygen atoms in total. The first kappa shape index (κ1) is 18.5. The van der Waals surface area contributed by atoms with E-state index in [0.29, 0.717) is 0 Å². The summed E-state index contributed by atoms with van der Waals surface area (Å²) in [5.41, 5.74) is 0. The number of likely N-dealkylation sites (N-methyl/N-ethyl adjacent to an activating group) is 1. The Kier molecular flexibility index (Phi) is 10.5. The van der Waals surface area contributed by atoms with E-state index >= 15 is 0 Å². The van der Waals surface area contributed by atoms with Crippen LogP contribution >= 0.6 is 24.8 Å². The van der Waals surface area contributed by atoms with Gasteiger partial charge < -0.3 is 10.1 Å². The predicted molar refractivity (Wildman–Crippen MR) is 81.2 cm³/mol. The molecule has 5 heteroatoms. The molecule has 0 radical (unpaired) electrons. The monoisotopic (exact) mass is 298 g/mol. The second-order valence-corrected chi connectivity index (χ2v) is 5.14. The molecule has 2 aliphatic heterocycles. The molecule has 1 unspecified atom stereocenters. The van der Waals surface area contributed by atoms with Gasteiger partial charge in [-0.05, 0) is 44.7 Å². The van der Waals surface area contributed by atoms with Crippen molar-refractivity contribution in [2.75, 3.05) is 39.4 Å². The van der Waals surface area contributed by atoms with E-state index in [9.17, 15) is 0 Å². The van der Waals surface area contributed by atoms with Gasteiger partial charge in [-0.2, -0.15) is 0 Å². The van der Waals surface area contributed by atoms with E-state index in [1.807, 2.05) is 0 Å². The number of nitrogens with one attached hydrogen (secondary N) is 1. The first-order valence-corrected chi connectivity index (χ1v) is 6.92. The molecule has 0 aliphatic carbocycles. The average molecular weight is 299 g/mol. The number of hydrogen-bond acceptors (Lipinski definition) is 3. The normalized spacial score (nSPS) is 25.3. The highest BCUT2D eigenvalue weighted by atomic mass is 35.5. The second-order valence-electron chi connectivity index (χ2n) is 5.14. The van der Waals surface area contributed by atoms with Gasteiger partial charge in [-0.3, -0.25) is 4.90 Å². The van der Waals surface area contributed by atoms with Gasteiger partial charge in [-0.25, -0.2) is 0 Å². The van der Waals surface area contributed by atoms with E-state index in [-0.39, 0.29) is 24.8 Å². The molecule has 0 saturated carbocycles. The smallest absolute Gasteiger partial charge is 0.0469 e. The third-order valence-corrected chi connectivity index (χ3v) is 4.03. The Morgan fingerprint density at radius 2 is 1.89 bits per heavy atom. The van der Waals surface area contributed by atoms with Gasteiger partial charge in [0.2, 0.25) is 0 Å². The maximum atomic E-state index is 5.43. The summed E-state index contributed by atoms with van der Waals surface area (Å²) in [4.78, 5) is 2.68. The standard InChI is InChI=1S/C13H26N2O.2ClH/c1-2-15(13-4-3-7-14-10-13)11-12-5-8-16-9-6-12;;/h12-14H,2-11H2,1H3;2*1H. The number of halogens is 2. The predicted octanol–water partition coefficient (Wildman–Crippen LogP) is 2.33. The third kappa shape index (κ3) is 5.62. The molecule has 2 rings (SSSR count). The lowest BCUT2D eigenvalue weighted by Crippen LogP contribution is -2.48. The fraction of sp³-hybridized carbons (Fsp3) is 1.00. The maximum absolute atomic E-state index is 5.43. The minimum absolute atomic E-state index is 0. The van der Waals surface area contributed by atoms with Crippen LogP contribution < -0.4 is 5.32 Å². The molecular weight excluding hydrogens is 271 g/mol. The van der Waals surface area contributed by atoms with E-state index in [1.54, 1.807) is 0 Å². The summed E-state index contributed by atoms with van der Waals surface area (Å²) in [6.07, 6.45) is 5.24. The van der Waals surface area contributed by atoms with Crippen LogP contribution in [0.5, 0.6) is 0 Å². The Bertz CT molecular complexity index is 195. The van der Waals surface area contributed by atoms with Crippen molar-refractivity contribution in [3.8, 4) is 0 Å². The molecule has 2 heterocycles. The van der Waals surface area contributed by atoms with Gasteiger partial charge >= 0.3 is 0 Å². The van der Waals surface area contributed by atoms with Crippen molar-refractivity contribution in [3.05, 3.63) is 0 Å². The second kappa shape index (κ2) is 10.3. The lowest BCUT2D eigenvalue weighted by atomic mass is 9.97. The van der Waals surface area contributed by atoms with E-state index in [0.717, 1.165) is 25.2 Å². The number of hydrogen-bond donors (Lipinski definition) is 1. The minimum atomic E-state index is 0. The van der Waals surface area contributed by atoms with Crippen LogP contribution in [0.4, 0.5) is 0 Å². The topological polar surface area (TPSA) is 24.5 Å². The molecule has 2 aliphatic rings. The van der Waals surface area contributed by atoms with Gasteiger partial charge in [0.15, 0.2) is 0 Å². The summed E-state index contributed by atoms with van der Waals surface area (Å²) < 4.78 is 5.43. The Labute approximate surface area is 124 Å². The highest BCUT2D eigenvalue weighted by Gasteiger charge is 2.23. The van der Waals surface area contributed by atoms with Crippen LogP contribution in [0.2, 0.25) is 0 Å². The zero-order valence-corrected chi connectivity index (χ0v) is 13.0. The lowest BCUT2D eigenvalue weighted by Gasteiger charge is -2.37. The minimum Gasteiger partial charge on any atom is -0.381 e. The van der Waals surface area contributed by atoms with Crippen molar-refractivity contribution in [3.63, 3.8) is 0 Å². The Balaban J connectivity index is 0.00000144. The summed E-state index contributed by atoms with van der Waals surface area (Å²) in [5, 5.41) is 3.52. The van der Waals surface area contributed by atoms with Crippen molar-refractivity contribution in [1.29, 1.82) is 0 Å². The molecule has 2 saturated heterocycles. The summed E-state index contributed by atoms with van der Waals surface area (Å²) >= 11 is 0. The van der Waals surface area contributed by atoms with Crippen LogP contribution in [0.25, 0.3) is 0 Å². The fourth-order valence-corrected chi connectivity index (χ4v) is 2.94. The van der Waals surface area contributed by atoms with Gasteiger partial charge in [0.1, 0.15) is 0 Å². The van der Waals surface area contributed by atoms with Crippen LogP contribution in [0.15, 0.2) is 0 Å². The highest BCUT2D eigenvalue weighted by Crippen LogP contribution is 2.19. The van der Waals surface area contributed by atoms with Crippen LogP contribution in [-0.2, 0) is 4.74 Å². The zero-order valence-electron chi connectivity index (χ0n) is 11.4. The fourth-order valence-electron chi connectivity index (χ4n) is 2.94. The quantitative estimate of drug-likeness (QED) is 0.862. The van der Waals surface area contributed by atoms with Gasteiger partial charge in [-0.1, -0.05) is 6.92 Å². The SMILES string of the molecule is CCN(CC1CCOCC1)C1CCCNC1.Cl.Cl. The molecule has 1 N–H and O–H groups in total. The average Bonchev–Trinajstić information content (AvgIpc) is 2.38. The van der Waals surface area contributed by atoms with Crippen LogP contribution in [0.1, 0.15) is 32.6 Å². The first-order chi connectivity index (χ1) is 7.90. The summed E-state index contributed by atoms with van der Waals surface area (Å²) in [6.45, 7) is 9.14.